The van der Waals surface area contributed by atoms with Crippen molar-refractivity contribution in [2.45, 2.75) is 17.5 Å². The maximum atomic E-state index is 12.9. The second kappa shape index (κ2) is 8.80. The lowest BCUT2D eigenvalue weighted by Gasteiger charge is -2.12. The molecular weight excluding hydrogens is 435 g/mol. The molecule has 2 rings (SSSR count). The van der Waals surface area contributed by atoms with E-state index in [-0.39, 0.29) is 18.5 Å². The highest BCUT2D eigenvalue weighted by atomic mass is 35.5. The van der Waals surface area contributed by atoms with Gasteiger partial charge in [-0.25, -0.2) is 13.1 Å². The third-order valence-corrected chi connectivity index (χ3v) is 5.44. The van der Waals surface area contributed by atoms with Gasteiger partial charge in [0.25, 0.3) is 0 Å². The molecule has 0 atom stereocenters. The van der Waals surface area contributed by atoms with Crippen LogP contribution in [0.4, 0.5) is 18.9 Å². The SMILES string of the molecule is NC(=O)c1ccc(NC(=O)CCNS(=O)(=O)c2ccc(Cl)c(C(F)(F)F)c2)cc1. The number of sulfonamides is 1. The van der Waals surface area contributed by atoms with E-state index < -0.39 is 43.5 Å². The summed E-state index contributed by atoms with van der Waals surface area (Å²) < 4.78 is 65.0. The highest BCUT2D eigenvalue weighted by Crippen LogP contribution is 2.35. The fourth-order valence-corrected chi connectivity index (χ4v) is 3.49. The molecule has 2 aromatic rings. The summed E-state index contributed by atoms with van der Waals surface area (Å²) in [5.41, 5.74) is 4.43. The summed E-state index contributed by atoms with van der Waals surface area (Å²) in [5.74, 6) is -1.18. The lowest BCUT2D eigenvalue weighted by atomic mass is 10.2. The molecule has 4 N–H and O–H groups in total. The maximum Gasteiger partial charge on any atom is 0.417 e. The number of primary amides is 1. The molecule has 156 valence electrons. The number of benzene rings is 2. The Labute approximate surface area is 169 Å². The summed E-state index contributed by atoms with van der Waals surface area (Å²) in [4.78, 5) is 22.2. The van der Waals surface area contributed by atoms with Crippen LogP contribution in [0.1, 0.15) is 22.3 Å². The van der Waals surface area contributed by atoms with E-state index >= 15 is 0 Å². The third-order valence-electron chi connectivity index (χ3n) is 3.65. The highest BCUT2D eigenvalue weighted by Gasteiger charge is 2.34. The first-order chi connectivity index (χ1) is 13.4. The summed E-state index contributed by atoms with van der Waals surface area (Å²) >= 11 is 5.47. The van der Waals surface area contributed by atoms with E-state index in [0.717, 1.165) is 12.1 Å². The molecule has 0 heterocycles. The first-order valence-corrected chi connectivity index (χ1v) is 9.82. The summed E-state index contributed by atoms with van der Waals surface area (Å²) in [6, 6.07) is 7.87. The van der Waals surface area contributed by atoms with Crippen LogP contribution in [-0.4, -0.2) is 26.8 Å². The van der Waals surface area contributed by atoms with E-state index in [1.165, 1.54) is 24.3 Å². The van der Waals surface area contributed by atoms with Crippen molar-refractivity contribution in [3.8, 4) is 0 Å². The molecular formula is C17H15ClF3N3O4S. The minimum Gasteiger partial charge on any atom is -0.366 e. The summed E-state index contributed by atoms with van der Waals surface area (Å²) in [5, 5.41) is 1.85. The van der Waals surface area contributed by atoms with Crippen molar-refractivity contribution < 1.29 is 31.2 Å². The molecule has 0 bridgehead atoms. The van der Waals surface area contributed by atoms with Crippen molar-refractivity contribution in [1.29, 1.82) is 0 Å². The Morgan fingerprint density at radius 1 is 1.07 bits per heavy atom. The van der Waals surface area contributed by atoms with Crippen molar-refractivity contribution in [3.05, 3.63) is 58.6 Å². The van der Waals surface area contributed by atoms with Gasteiger partial charge in [0.1, 0.15) is 0 Å². The number of alkyl halides is 3. The largest absolute Gasteiger partial charge is 0.417 e. The molecule has 0 aliphatic rings. The standard InChI is InChI=1S/C17H15ClF3N3O4S/c18-14-6-5-12(9-13(14)17(19,20)21)29(27,28)23-8-7-15(25)24-11-3-1-10(2-4-11)16(22)26/h1-6,9,23H,7-8H2,(H2,22,26)(H,24,25). The monoisotopic (exact) mass is 449 g/mol. The number of amides is 2. The third kappa shape index (κ3) is 6.17. The average Bonchev–Trinajstić information content (AvgIpc) is 2.61. The number of hydrogen-bond acceptors (Lipinski definition) is 4. The smallest absolute Gasteiger partial charge is 0.366 e. The quantitative estimate of drug-likeness (QED) is 0.602. The highest BCUT2D eigenvalue weighted by molar-refractivity contribution is 7.89. The van der Waals surface area contributed by atoms with Crippen LogP contribution in [0.5, 0.6) is 0 Å². The molecule has 2 amide bonds. The molecule has 0 spiro atoms. The van der Waals surface area contributed by atoms with Crippen molar-refractivity contribution in [3.63, 3.8) is 0 Å². The Morgan fingerprint density at radius 2 is 1.69 bits per heavy atom. The number of nitrogens with one attached hydrogen (secondary N) is 2. The first-order valence-electron chi connectivity index (χ1n) is 7.96. The zero-order valence-electron chi connectivity index (χ0n) is 14.6. The number of carbonyl (C=O) groups is 2. The Morgan fingerprint density at radius 3 is 2.24 bits per heavy atom. The lowest BCUT2D eigenvalue weighted by Crippen LogP contribution is -2.28. The van der Waals surface area contributed by atoms with Gasteiger partial charge in [-0.1, -0.05) is 11.6 Å². The van der Waals surface area contributed by atoms with Crippen LogP contribution in [0.25, 0.3) is 0 Å². The van der Waals surface area contributed by atoms with Gasteiger partial charge in [0.2, 0.25) is 21.8 Å². The molecule has 0 aromatic heterocycles. The van der Waals surface area contributed by atoms with Crippen LogP contribution >= 0.6 is 11.6 Å². The van der Waals surface area contributed by atoms with Crippen LogP contribution in [0.3, 0.4) is 0 Å². The van der Waals surface area contributed by atoms with E-state index in [2.05, 4.69) is 10.0 Å². The van der Waals surface area contributed by atoms with Crippen LogP contribution in [0.15, 0.2) is 47.4 Å². The van der Waals surface area contributed by atoms with Gasteiger partial charge in [-0.3, -0.25) is 9.59 Å². The Kier molecular flexibility index (Phi) is 6.88. The average molecular weight is 450 g/mol. The fraction of sp³-hybridized carbons (Fsp3) is 0.176. The van der Waals surface area contributed by atoms with Gasteiger partial charge < -0.3 is 11.1 Å². The topological polar surface area (TPSA) is 118 Å². The van der Waals surface area contributed by atoms with E-state index in [1.807, 2.05) is 0 Å². The lowest BCUT2D eigenvalue weighted by molar-refractivity contribution is -0.137. The van der Waals surface area contributed by atoms with Gasteiger partial charge in [0.05, 0.1) is 15.5 Å². The molecule has 7 nitrogen and oxygen atoms in total. The number of hydrogen-bond donors (Lipinski definition) is 3. The zero-order chi connectivity index (χ0) is 21.8. The Bertz CT molecular complexity index is 1030. The number of carbonyl (C=O) groups excluding carboxylic acids is 2. The zero-order valence-corrected chi connectivity index (χ0v) is 16.2. The minimum atomic E-state index is -4.81. The van der Waals surface area contributed by atoms with E-state index in [1.54, 1.807) is 0 Å². The molecule has 29 heavy (non-hydrogen) atoms. The Hall–Kier alpha value is -2.63. The van der Waals surface area contributed by atoms with Crippen molar-refractivity contribution in [2.24, 2.45) is 5.73 Å². The van der Waals surface area contributed by atoms with Gasteiger partial charge in [0, 0.05) is 24.2 Å². The van der Waals surface area contributed by atoms with Gasteiger partial charge >= 0.3 is 6.18 Å². The molecule has 12 heteroatoms. The molecule has 0 radical (unpaired) electrons. The first kappa shape index (κ1) is 22.7. The summed E-state index contributed by atoms with van der Waals surface area (Å²) in [7, 11) is -4.28. The van der Waals surface area contributed by atoms with Gasteiger partial charge in [-0.15, -0.1) is 0 Å². The number of halogens is 4. The second-order valence-electron chi connectivity index (χ2n) is 5.78. The van der Waals surface area contributed by atoms with Crippen LogP contribution in [-0.2, 0) is 21.0 Å². The molecule has 0 aliphatic heterocycles. The molecule has 0 fully saturated rings. The molecule has 0 saturated heterocycles. The second-order valence-corrected chi connectivity index (χ2v) is 7.95. The predicted molar refractivity (Wildman–Crippen MR) is 99.8 cm³/mol. The Balaban J connectivity index is 1.97. The van der Waals surface area contributed by atoms with Crippen molar-refractivity contribution >= 4 is 39.1 Å². The van der Waals surface area contributed by atoms with Crippen LogP contribution in [0, 0.1) is 0 Å². The normalized spacial score (nSPS) is 11.9. The molecule has 0 aliphatic carbocycles. The number of rotatable bonds is 7. The predicted octanol–water partition coefficient (Wildman–Crippen LogP) is 2.76. The van der Waals surface area contributed by atoms with Gasteiger partial charge in [-0.2, -0.15) is 13.2 Å². The van der Waals surface area contributed by atoms with Gasteiger partial charge in [-0.05, 0) is 42.5 Å². The number of anilines is 1. The summed E-state index contributed by atoms with van der Waals surface area (Å²) in [6.45, 7) is -0.350. The summed E-state index contributed by atoms with van der Waals surface area (Å²) in [6.07, 6.45) is -5.09. The van der Waals surface area contributed by atoms with E-state index in [0.29, 0.717) is 11.8 Å². The van der Waals surface area contributed by atoms with Crippen LogP contribution in [0.2, 0.25) is 5.02 Å². The number of nitrogens with two attached hydrogens (primary N) is 1. The van der Waals surface area contributed by atoms with Gasteiger partial charge in [0.15, 0.2) is 0 Å². The van der Waals surface area contributed by atoms with Crippen molar-refractivity contribution in [1.82, 2.24) is 4.72 Å². The maximum absolute atomic E-state index is 12.9. The van der Waals surface area contributed by atoms with E-state index in [9.17, 15) is 31.2 Å². The molecule has 0 unspecified atom stereocenters. The fourth-order valence-electron chi connectivity index (χ4n) is 2.21. The van der Waals surface area contributed by atoms with Crippen LogP contribution < -0.4 is 15.8 Å². The minimum absolute atomic E-state index is 0.247. The van der Waals surface area contributed by atoms with Crippen molar-refractivity contribution in [2.75, 3.05) is 11.9 Å². The molecule has 2 aromatic carbocycles. The van der Waals surface area contributed by atoms with E-state index in [4.69, 9.17) is 17.3 Å². The molecule has 0 saturated carbocycles.